The monoisotopic (exact) mass is 369 g/mol. The second-order valence-electron chi connectivity index (χ2n) is 6.42. The quantitative estimate of drug-likeness (QED) is 0.831. The number of ether oxygens (including phenoxy) is 1. The van der Waals surface area contributed by atoms with Gasteiger partial charge >= 0.3 is 0 Å². The smallest absolute Gasteiger partial charge is 0.255 e. The highest BCUT2D eigenvalue weighted by molar-refractivity contribution is 5.96. The molecule has 7 heteroatoms. The summed E-state index contributed by atoms with van der Waals surface area (Å²) in [5, 5.41) is 6.14. The SMILES string of the molecule is COC1(C(=O)N(C)CC(=O)Nc2c(C)cccc2C)CCNCC1.Cl. The van der Waals surface area contributed by atoms with Gasteiger partial charge in [-0.15, -0.1) is 12.4 Å². The van der Waals surface area contributed by atoms with E-state index in [-0.39, 0.29) is 30.8 Å². The van der Waals surface area contributed by atoms with Gasteiger partial charge in [0.05, 0.1) is 6.54 Å². The van der Waals surface area contributed by atoms with E-state index in [4.69, 9.17) is 4.74 Å². The van der Waals surface area contributed by atoms with Gasteiger partial charge in [0.1, 0.15) is 5.60 Å². The molecule has 0 radical (unpaired) electrons. The molecule has 1 aromatic rings. The Labute approximate surface area is 155 Å². The zero-order chi connectivity index (χ0) is 17.7. The van der Waals surface area contributed by atoms with Gasteiger partial charge in [-0.05, 0) is 50.9 Å². The molecule has 6 nitrogen and oxygen atoms in total. The van der Waals surface area contributed by atoms with Gasteiger partial charge in [0.2, 0.25) is 5.91 Å². The van der Waals surface area contributed by atoms with Crippen LogP contribution in [0.5, 0.6) is 0 Å². The molecule has 1 saturated heterocycles. The third-order valence-corrected chi connectivity index (χ3v) is 4.66. The summed E-state index contributed by atoms with van der Waals surface area (Å²) in [7, 11) is 3.21. The number of aryl methyl sites for hydroxylation is 2. The van der Waals surface area contributed by atoms with Crippen molar-refractivity contribution in [1.82, 2.24) is 10.2 Å². The van der Waals surface area contributed by atoms with Gasteiger partial charge in [0, 0.05) is 19.8 Å². The van der Waals surface area contributed by atoms with Crippen LogP contribution < -0.4 is 10.6 Å². The molecular formula is C18H28ClN3O3. The zero-order valence-electron chi connectivity index (χ0n) is 15.3. The summed E-state index contributed by atoms with van der Waals surface area (Å²) in [4.78, 5) is 26.6. The molecule has 1 aliphatic rings. The number of piperidine rings is 1. The fraction of sp³-hybridized carbons (Fsp3) is 0.556. The minimum Gasteiger partial charge on any atom is -0.368 e. The standard InChI is InChI=1S/C18H27N3O3.ClH/c1-13-6-5-7-14(2)16(13)20-15(22)12-21(3)17(23)18(24-4)8-10-19-11-9-18;/h5-7,19H,8-12H2,1-4H3,(H,20,22);1H. The molecule has 1 aliphatic heterocycles. The second-order valence-corrected chi connectivity index (χ2v) is 6.42. The maximum Gasteiger partial charge on any atom is 0.255 e. The summed E-state index contributed by atoms with van der Waals surface area (Å²) in [6.07, 6.45) is 1.23. The summed E-state index contributed by atoms with van der Waals surface area (Å²) in [5.74, 6) is -0.341. The Bertz CT molecular complexity index is 595. The summed E-state index contributed by atoms with van der Waals surface area (Å²) in [6.45, 7) is 5.38. The number of amides is 2. The molecule has 2 amide bonds. The van der Waals surface area contributed by atoms with Crippen LogP contribution in [-0.2, 0) is 14.3 Å². The number of anilines is 1. The number of methoxy groups -OCH3 is 1. The summed E-state index contributed by atoms with van der Waals surface area (Å²) >= 11 is 0. The van der Waals surface area contributed by atoms with Crippen molar-refractivity contribution in [2.45, 2.75) is 32.3 Å². The molecule has 2 N–H and O–H groups in total. The number of hydrogen-bond donors (Lipinski definition) is 2. The first-order valence-electron chi connectivity index (χ1n) is 8.27. The summed E-state index contributed by atoms with van der Waals surface area (Å²) in [6, 6.07) is 5.86. The van der Waals surface area contributed by atoms with Crippen LogP contribution in [-0.4, -0.2) is 56.1 Å². The van der Waals surface area contributed by atoms with Crippen molar-refractivity contribution in [3.05, 3.63) is 29.3 Å². The van der Waals surface area contributed by atoms with Crippen LogP contribution in [0.1, 0.15) is 24.0 Å². The number of likely N-dealkylation sites (N-methyl/N-ethyl adjacent to an activating group) is 1. The lowest BCUT2D eigenvalue weighted by atomic mass is 9.90. The van der Waals surface area contributed by atoms with E-state index in [1.807, 2.05) is 32.0 Å². The molecule has 0 atom stereocenters. The van der Waals surface area contributed by atoms with E-state index in [2.05, 4.69) is 10.6 Å². The lowest BCUT2D eigenvalue weighted by Gasteiger charge is -2.37. The number of carbonyl (C=O) groups excluding carboxylic acids is 2. The number of nitrogens with zero attached hydrogens (tertiary/aromatic N) is 1. The third kappa shape index (κ3) is 4.93. The average molecular weight is 370 g/mol. The van der Waals surface area contributed by atoms with Gasteiger partial charge in [-0.25, -0.2) is 0 Å². The number of nitrogens with one attached hydrogen (secondary N) is 2. The predicted octanol–water partition coefficient (Wildman–Crippen LogP) is 1.89. The Hall–Kier alpha value is -1.63. The Morgan fingerprint density at radius 2 is 1.80 bits per heavy atom. The fourth-order valence-electron chi connectivity index (χ4n) is 3.16. The summed E-state index contributed by atoms with van der Waals surface area (Å²) in [5.41, 5.74) is 2.00. The lowest BCUT2D eigenvalue weighted by molar-refractivity contribution is -0.157. The molecule has 0 aromatic heterocycles. The van der Waals surface area contributed by atoms with Crippen LogP contribution in [0.3, 0.4) is 0 Å². The van der Waals surface area contributed by atoms with Crippen molar-refractivity contribution in [2.24, 2.45) is 0 Å². The van der Waals surface area contributed by atoms with E-state index >= 15 is 0 Å². The third-order valence-electron chi connectivity index (χ3n) is 4.66. The highest BCUT2D eigenvalue weighted by Crippen LogP contribution is 2.25. The van der Waals surface area contributed by atoms with Crippen LogP contribution in [0.4, 0.5) is 5.69 Å². The van der Waals surface area contributed by atoms with Crippen LogP contribution in [0.15, 0.2) is 18.2 Å². The van der Waals surface area contributed by atoms with Crippen molar-refractivity contribution >= 4 is 29.9 Å². The van der Waals surface area contributed by atoms with E-state index < -0.39 is 5.60 Å². The second kappa shape index (κ2) is 9.17. The Morgan fingerprint density at radius 3 is 2.32 bits per heavy atom. The van der Waals surface area contributed by atoms with Crippen molar-refractivity contribution in [3.63, 3.8) is 0 Å². The van der Waals surface area contributed by atoms with E-state index in [1.54, 1.807) is 14.2 Å². The van der Waals surface area contributed by atoms with Crippen LogP contribution in [0, 0.1) is 13.8 Å². The van der Waals surface area contributed by atoms with Crippen molar-refractivity contribution < 1.29 is 14.3 Å². The highest BCUT2D eigenvalue weighted by Gasteiger charge is 2.41. The van der Waals surface area contributed by atoms with E-state index in [0.29, 0.717) is 12.8 Å². The van der Waals surface area contributed by atoms with Crippen molar-refractivity contribution in [3.8, 4) is 0 Å². The first kappa shape index (κ1) is 21.4. The molecule has 2 rings (SSSR count). The molecule has 0 bridgehead atoms. The Kier molecular flexibility index (Phi) is 7.86. The topological polar surface area (TPSA) is 70.7 Å². The van der Waals surface area contributed by atoms with E-state index in [9.17, 15) is 9.59 Å². The highest BCUT2D eigenvalue weighted by atomic mass is 35.5. The van der Waals surface area contributed by atoms with E-state index in [1.165, 1.54) is 4.90 Å². The fourth-order valence-corrected chi connectivity index (χ4v) is 3.16. The molecule has 0 unspecified atom stereocenters. The van der Waals surface area contributed by atoms with Gasteiger partial charge in [0.15, 0.2) is 0 Å². The van der Waals surface area contributed by atoms with Crippen LogP contribution >= 0.6 is 12.4 Å². The zero-order valence-corrected chi connectivity index (χ0v) is 16.2. The number of carbonyl (C=O) groups is 2. The largest absolute Gasteiger partial charge is 0.368 e. The molecule has 1 heterocycles. The number of benzene rings is 1. The number of halogens is 1. The Balaban J connectivity index is 0.00000312. The molecule has 140 valence electrons. The van der Waals surface area contributed by atoms with E-state index in [0.717, 1.165) is 29.9 Å². The number of para-hydroxylation sites is 1. The van der Waals surface area contributed by atoms with Gasteiger partial charge in [-0.3, -0.25) is 9.59 Å². The predicted molar refractivity (Wildman–Crippen MR) is 101 cm³/mol. The number of hydrogen-bond acceptors (Lipinski definition) is 4. The first-order valence-corrected chi connectivity index (χ1v) is 8.27. The molecule has 0 aliphatic carbocycles. The number of rotatable bonds is 5. The van der Waals surface area contributed by atoms with Crippen molar-refractivity contribution in [1.29, 1.82) is 0 Å². The lowest BCUT2D eigenvalue weighted by Crippen LogP contribution is -2.55. The average Bonchev–Trinajstić information content (AvgIpc) is 2.58. The Morgan fingerprint density at radius 1 is 1.24 bits per heavy atom. The summed E-state index contributed by atoms with van der Waals surface area (Å²) < 4.78 is 5.54. The molecule has 1 fully saturated rings. The van der Waals surface area contributed by atoms with Gasteiger partial charge in [-0.2, -0.15) is 0 Å². The molecule has 0 spiro atoms. The normalized spacial score (nSPS) is 15.8. The van der Waals surface area contributed by atoms with Crippen LogP contribution in [0.25, 0.3) is 0 Å². The molecule has 0 saturated carbocycles. The van der Waals surface area contributed by atoms with Gasteiger partial charge in [-0.1, -0.05) is 18.2 Å². The maximum atomic E-state index is 12.8. The molecule has 25 heavy (non-hydrogen) atoms. The maximum absolute atomic E-state index is 12.8. The minimum atomic E-state index is -0.821. The molecule has 1 aromatic carbocycles. The first-order chi connectivity index (χ1) is 11.4. The van der Waals surface area contributed by atoms with Crippen molar-refractivity contribution in [2.75, 3.05) is 39.1 Å². The molecular weight excluding hydrogens is 342 g/mol. The van der Waals surface area contributed by atoms with Gasteiger partial charge < -0.3 is 20.3 Å². The minimum absolute atomic E-state index is 0. The van der Waals surface area contributed by atoms with Gasteiger partial charge in [0.25, 0.3) is 5.91 Å². The van der Waals surface area contributed by atoms with Crippen LogP contribution in [0.2, 0.25) is 0 Å².